The molecule has 0 heterocycles. The highest BCUT2D eigenvalue weighted by Crippen LogP contribution is 2.27. The number of benzene rings is 1. The summed E-state index contributed by atoms with van der Waals surface area (Å²) in [5.74, 6) is -0.515. The molecule has 0 aromatic heterocycles. The Bertz CT molecular complexity index is 662. The first kappa shape index (κ1) is 17.5. The lowest BCUT2D eigenvalue weighted by atomic mass is 10.3. The third-order valence-electron chi connectivity index (χ3n) is 2.48. The van der Waals surface area contributed by atoms with Gasteiger partial charge in [-0.15, -0.1) is 0 Å². The molecule has 2 N–H and O–H groups in total. The normalized spacial score (nSPS) is 12.7. The molecule has 1 atom stereocenters. The highest BCUT2D eigenvalue weighted by Gasteiger charge is 2.29. The predicted octanol–water partition coefficient (Wildman–Crippen LogP) is 1.16. The number of halogens is 1. The van der Waals surface area contributed by atoms with Gasteiger partial charge in [-0.1, -0.05) is 15.9 Å². The number of sulfonamides is 1. The van der Waals surface area contributed by atoms with Crippen LogP contribution in [0.1, 0.15) is 13.8 Å². The first-order chi connectivity index (χ1) is 9.69. The highest BCUT2D eigenvalue weighted by atomic mass is 79.9. The number of nitro benzene ring substituents is 1. The van der Waals surface area contributed by atoms with E-state index in [-0.39, 0.29) is 0 Å². The second kappa shape index (κ2) is 6.96. The molecule has 0 aliphatic carbocycles. The Hall–Kier alpha value is -1.52. The Morgan fingerprint density at radius 1 is 1.48 bits per heavy atom. The van der Waals surface area contributed by atoms with Crippen molar-refractivity contribution in [3.8, 4) is 0 Å². The van der Waals surface area contributed by atoms with Crippen LogP contribution in [0.15, 0.2) is 27.6 Å². The second-order valence-electron chi connectivity index (χ2n) is 4.11. The third kappa shape index (κ3) is 4.48. The Morgan fingerprint density at radius 2 is 2.10 bits per heavy atom. The van der Waals surface area contributed by atoms with Crippen molar-refractivity contribution in [1.29, 1.82) is 0 Å². The molecule has 0 spiro atoms. The fourth-order valence-electron chi connectivity index (χ4n) is 1.53. The zero-order valence-electron chi connectivity index (χ0n) is 11.3. The van der Waals surface area contributed by atoms with E-state index in [0.717, 1.165) is 12.1 Å². The fraction of sp³-hybridized carbons (Fsp3) is 0.364. The number of hydrogen-bond acceptors (Lipinski definition) is 5. The lowest BCUT2D eigenvalue weighted by molar-refractivity contribution is -0.387. The Balaban J connectivity index is 3.16. The molecule has 0 saturated heterocycles. The molecule has 1 rings (SSSR count). The van der Waals surface area contributed by atoms with Crippen LogP contribution in [0.3, 0.4) is 0 Å². The van der Waals surface area contributed by atoms with Gasteiger partial charge in [0.15, 0.2) is 4.90 Å². The van der Waals surface area contributed by atoms with E-state index in [1.54, 1.807) is 6.92 Å². The standard InChI is InChI=1S/C11H14BrN3O5S/c1-3-13-11(16)7(2)14-21(19,20)10-6-8(12)4-5-9(10)15(17)18/h4-7,14H,3H2,1-2H3,(H,13,16). The second-order valence-corrected chi connectivity index (χ2v) is 6.70. The summed E-state index contributed by atoms with van der Waals surface area (Å²) in [6.07, 6.45) is 0. The van der Waals surface area contributed by atoms with E-state index in [9.17, 15) is 23.3 Å². The van der Waals surface area contributed by atoms with Gasteiger partial charge in [0.2, 0.25) is 15.9 Å². The summed E-state index contributed by atoms with van der Waals surface area (Å²) < 4.78 is 26.9. The summed E-state index contributed by atoms with van der Waals surface area (Å²) in [6.45, 7) is 3.40. The molecule has 0 aliphatic rings. The maximum atomic E-state index is 12.2. The summed E-state index contributed by atoms with van der Waals surface area (Å²) in [5, 5.41) is 13.4. The van der Waals surface area contributed by atoms with Crippen molar-refractivity contribution in [1.82, 2.24) is 10.0 Å². The number of rotatable bonds is 6. The number of carbonyl (C=O) groups is 1. The van der Waals surface area contributed by atoms with E-state index in [0.29, 0.717) is 11.0 Å². The number of amides is 1. The monoisotopic (exact) mass is 379 g/mol. The van der Waals surface area contributed by atoms with Crippen molar-refractivity contribution in [3.05, 3.63) is 32.8 Å². The summed E-state index contributed by atoms with van der Waals surface area (Å²) in [4.78, 5) is 21.2. The topological polar surface area (TPSA) is 118 Å². The molecule has 116 valence electrons. The van der Waals surface area contributed by atoms with Crippen LogP contribution in [0, 0.1) is 10.1 Å². The maximum Gasteiger partial charge on any atom is 0.289 e. The molecule has 0 saturated carbocycles. The number of nitro groups is 1. The molecular formula is C11H14BrN3O5S. The first-order valence-corrected chi connectivity index (χ1v) is 8.20. The van der Waals surface area contributed by atoms with Crippen LogP contribution in [0.5, 0.6) is 0 Å². The lowest BCUT2D eigenvalue weighted by Crippen LogP contribution is -2.44. The van der Waals surface area contributed by atoms with Crippen LogP contribution in [0.25, 0.3) is 0 Å². The zero-order chi connectivity index (χ0) is 16.2. The van der Waals surface area contributed by atoms with E-state index in [1.165, 1.54) is 13.0 Å². The minimum Gasteiger partial charge on any atom is -0.355 e. The molecule has 0 bridgehead atoms. The first-order valence-electron chi connectivity index (χ1n) is 5.93. The van der Waals surface area contributed by atoms with Crippen LogP contribution < -0.4 is 10.0 Å². The largest absolute Gasteiger partial charge is 0.355 e. The minimum atomic E-state index is -4.20. The van der Waals surface area contributed by atoms with Crippen molar-refractivity contribution in [2.75, 3.05) is 6.54 Å². The summed E-state index contributed by atoms with van der Waals surface area (Å²) in [7, 11) is -4.20. The number of nitrogens with one attached hydrogen (secondary N) is 2. The van der Waals surface area contributed by atoms with Gasteiger partial charge < -0.3 is 5.32 Å². The maximum absolute atomic E-state index is 12.2. The zero-order valence-corrected chi connectivity index (χ0v) is 13.7. The van der Waals surface area contributed by atoms with Crippen molar-refractivity contribution < 1.29 is 18.1 Å². The third-order valence-corrected chi connectivity index (χ3v) is 4.55. The van der Waals surface area contributed by atoms with Gasteiger partial charge >= 0.3 is 0 Å². The smallest absolute Gasteiger partial charge is 0.289 e. The summed E-state index contributed by atoms with van der Waals surface area (Å²) in [5.41, 5.74) is -0.561. The van der Waals surface area contributed by atoms with Gasteiger partial charge in [-0.25, -0.2) is 8.42 Å². The Morgan fingerprint density at radius 3 is 2.62 bits per heavy atom. The molecule has 1 unspecified atom stereocenters. The molecule has 0 aliphatic heterocycles. The van der Waals surface area contributed by atoms with Crippen molar-refractivity contribution in [3.63, 3.8) is 0 Å². The lowest BCUT2D eigenvalue weighted by Gasteiger charge is -2.14. The van der Waals surface area contributed by atoms with Gasteiger partial charge in [0.1, 0.15) is 0 Å². The Labute approximate surface area is 130 Å². The van der Waals surface area contributed by atoms with Crippen LogP contribution >= 0.6 is 15.9 Å². The van der Waals surface area contributed by atoms with Crippen LogP contribution in [-0.4, -0.2) is 31.8 Å². The van der Waals surface area contributed by atoms with E-state index in [4.69, 9.17) is 0 Å². The van der Waals surface area contributed by atoms with Gasteiger partial charge in [-0.2, -0.15) is 4.72 Å². The van der Waals surface area contributed by atoms with Gasteiger partial charge in [-0.05, 0) is 26.0 Å². The number of likely N-dealkylation sites (N-methyl/N-ethyl adjacent to an activating group) is 1. The molecule has 1 aromatic carbocycles. The Kier molecular flexibility index (Phi) is 5.81. The average Bonchev–Trinajstić information content (AvgIpc) is 2.38. The molecule has 21 heavy (non-hydrogen) atoms. The SMILES string of the molecule is CCNC(=O)C(C)NS(=O)(=O)c1cc(Br)ccc1[N+](=O)[O-]. The van der Waals surface area contributed by atoms with Gasteiger partial charge in [0, 0.05) is 17.1 Å². The minimum absolute atomic E-state index is 0.349. The number of hydrogen-bond donors (Lipinski definition) is 2. The molecule has 10 heteroatoms. The molecular weight excluding hydrogens is 366 g/mol. The number of carbonyl (C=O) groups excluding carboxylic acids is 1. The van der Waals surface area contributed by atoms with Gasteiger partial charge in [0.05, 0.1) is 11.0 Å². The van der Waals surface area contributed by atoms with E-state index in [2.05, 4.69) is 26.0 Å². The van der Waals surface area contributed by atoms with Crippen LogP contribution in [0.4, 0.5) is 5.69 Å². The molecule has 0 radical (unpaired) electrons. The van der Waals surface area contributed by atoms with Gasteiger partial charge in [-0.3, -0.25) is 14.9 Å². The summed E-state index contributed by atoms with van der Waals surface area (Å²) >= 11 is 3.06. The van der Waals surface area contributed by atoms with E-state index in [1.807, 2.05) is 0 Å². The van der Waals surface area contributed by atoms with E-state index < -0.39 is 37.5 Å². The molecule has 1 amide bonds. The van der Waals surface area contributed by atoms with Crippen molar-refractivity contribution in [2.45, 2.75) is 24.8 Å². The van der Waals surface area contributed by atoms with Crippen LogP contribution in [0.2, 0.25) is 0 Å². The number of nitrogens with zero attached hydrogens (tertiary/aromatic N) is 1. The summed E-state index contributed by atoms with van der Waals surface area (Å²) in [6, 6.07) is 2.51. The highest BCUT2D eigenvalue weighted by molar-refractivity contribution is 9.10. The molecule has 8 nitrogen and oxygen atoms in total. The quantitative estimate of drug-likeness (QED) is 0.567. The fourth-order valence-corrected chi connectivity index (χ4v) is 3.44. The van der Waals surface area contributed by atoms with Crippen molar-refractivity contribution in [2.24, 2.45) is 0 Å². The van der Waals surface area contributed by atoms with E-state index >= 15 is 0 Å². The average molecular weight is 380 g/mol. The predicted molar refractivity (Wildman–Crippen MR) is 79.3 cm³/mol. The molecule has 0 fully saturated rings. The molecule has 1 aromatic rings. The van der Waals surface area contributed by atoms with Gasteiger partial charge in [0.25, 0.3) is 5.69 Å². The van der Waals surface area contributed by atoms with Crippen molar-refractivity contribution >= 4 is 37.5 Å². The van der Waals surface area contributed by atoms with Crippen LogP contribution in [-0.2, 0) is 14.8 Å².